The number of aromatic nitrogens is 3. The molecule has 0 saturated heterocycles. The summed E-state index contributed by atoms with van der Waals surface area (Å²) >= 11 is 1.38. The number of hydrogen-bond acceptors (Lipinski definition) is 7. The highest BCUT2D eigenvalue weighted by Gasteiger charge is 2.12. The van der Waals surface area contributed by atoms with Crippen LogP contribution in [0.2, 0.25) is 0 Å². The topological polar surface area (TPSA) is 94.8 Å². The van der Waals surface area contributed by atoms with Gasteiger partial charge in [0, 0.05) is 23.7 Å². The third-order valence-electron chi connectivity index (χ3n) is 4.50. The average Bonchev–Trinajstić information content (AvgIpc) is 3.23. The number of rotatable bonds is 8. The first kappa shape index (κ1) is 22.4. The van der Waals surface area contributed by atoms with E-state index in [0.717, 1.165) is 5.01 Å². The quantitative estimate of drug-likeness (QED) is 0.420. The maximum atomic E-state index is 12.9. The molecule has 1 amide bonds. The summed E-state index contributed by atoms with van der Waals surface area (Å²) in [7, 11) is 0. The number of carbonyl (C=O) groups excluding carboxylic acids is 1. The van der Waals surface area contributed by atoms with Crippen LogP contribution in [0.25, 0.3) is 4.96 Å². The zero-order chi connectivity index (χ0) is 23.4. The lowest BCUT2D eigenvalue weighted by Gasteiger charge is -2.10. The summed E-state index contributed by atoms with van der Waals surface area (Å²) in [5.41, 5.74) is 0.748. The first-order chi connectivity index (χ1) is 15.9. The van der Waals surface area contributed by atoms with Crippen molar-refractivity contribution in [1.82, 2.24) is 14.6 Å². The second kappa shape index (κ2) is 9.78. The van der Waals surface area contributed by atoms with Crippen molar-refractivity contribution in [3.63, 3.8) is 0 Å². The molecule has 0 aliphatic heterocycles. The third kappa shape index (κ3) is 5.72. The van der Waals surface area contributed by atoms with E-state index in [1.807, 2.05) is 13.8 Å². The second-order valence-electron chi connectivity index (χ2n) is 7.48. The summed E-state index contributed by atoms with van der Waals surface area (Å²) in [6.45, 7) is 3.88. The number of nitrogens with one attached hydrogen (secondary N) is 1. The Morgan fingerprint density at radius 3 is 2.67 bits per heavy atom. The molecule has 33 heavy (non-hydrogen) atoms. The Labute approximate surface area is 192 Å². The number of hydrogen-bond donors (Lipinski definition) is 1. The van der Waals surface area contributed by atoms with Crippen molar-refractivity contribution in [1.29, 1.82) is 0 Å². The van der Waals surface area contributed by atoms with Gasteiger partial charge in [-0.15, -0.1) is 0 Å². The van der Waals surface area contributed by atoms with Gasteiger partial charge in [-0.3, -0.25) is 9.59 Å². The highest BCUT2D eigenvalue weighted by atomic mass is 32.1. The Kier molecular flexibility index (Phi) is 6.64. The fourth-order valence-corrected chi connectivity index (χ4v) is 3.80. The molecule has 0 radical (unpaired) electrons. The minimum Gasteiger partial charge on any atom is -0.487 e. The van der Waals surface area contributed by atoms with Crippen molar-refractivity contribution in [2.45, 2.75) is 26.4 Å². The number of nitrogens with zero attached hydrogens (tertiary/aromatic N) is 3. The highest BCUT2D eigenvalue weighted by molar-refractivity contribution is 7.16. The fourth-order valence-electron chi connectivity index (χ4n) is 2.88. The van der Waals surface area contributed by atoms with Crippen LogP contribution in [0.1, 0.15) is 30.5 Å². The van der Waals surface area contributed by atoms with Crippen molar-refractivity contribution >= 4 is 27.9 Å². The van der Waals surface area contributed by atoms with Gasteiger partial charge in [-0.2, -0.15) is 9.61 Å². The molecule has 0 aliphatic rings. The molecule has 0 bridgehead atoms. The normalized spacial score (nSPS) is 11.0. The van der Waals surface area contributed by atoms with Gasteiger partial charge in [0.25, 0.3) is 11.5 Å². The van der Waals surface area contributed by atoms with E-state index < -0.39 is 0 Å². The number of halogens is 1. The van der Waals surface area contributed by atoms with Gasteiger partial charge in [0.05, 0.1) is 5.69 Å². The SMILES string of the molecule is CC(C)c1nn2c(=O)cc(COc3cccc(NC(=O)COc4ccc(F)cc4)c3)nc2s1. The number of benzene rings is 2. The number of ether oxygens (including phenoxy) is 2. The first-order valence-electron chi connectivity index (χ1n) is 10.2. The zero-order valence-electron chi connectivity index (χ0n) is 17.9. The number of anilines is 1. The van der Waals surface area contributed by atoms with E-state index in [0.29, 0.717) is 27.8 Å². The van der Waals surface area contributed by atoms with Crippen LogP contribution in [0, 0.1) is 5.82 Å². The van der Waals surface area contributed by atoms with Crippen LogP contribution in [0.4, 0.5) is 10.1 Å². The minimum atomic E-state index is -0.378. The van der Waals surface area contributed by atoms with E-state index >= 15 is 0 Å². The molecule has 2 heterocycles. The standard InChI is InChI=1S/C23H21FN4O4S/c1-14(2)22-27-28-21(30)11-17(26-23(28)33-22)12-31-19-5-3-4-16(10-19)25-20(29)13-32-18-8-6-15(24)7-9-18/h3-11,14H,12-13H2,1-2H3,(H,25,29). The predicted molar refractivity (Wildman–Crippen MR) is 123 cm³/mol. The van der Waals surface area contributed by atoms with Crippen LogP contribution in [-0.4, -0.2) is 27.1 Å². The van der Waals surface area contributed by atoms with E-state index in [1.165, 1.54) is 46.2 Å². The van der Waals surface area contributed by atoms with E-state index in [2.05, 4.69) is 15.4 Å². The summed E-state index contributed by atoms with van der Waals surface area (Å²) in [5.74, 6) is 0.348. The Bertz CT molecular complexity index is 1330. The first-order valence-corrected chi connectivity index (χ1v) is 11.0. The Morgan fingerprint density at radius 1 is 1.12 bits per heavy atom. The molecule has 0 unspecified atom stereocenters. The van der Waals surface area contributed by atoms with Crippen LogP contribution in [0.15, 0.2) is 59.4 Å². The summed E-state index contributed by atoms with van der Waals surface area (Å²) < 4.78 is 25.3. The van der Waals surface area contributed by atoms with Gasteiger partial charge >= 0.3 is 0 Å². The largest absolute Gasteiger partial charge is 0.487 e. The molecule has 0 spiro atoms. The third-order valence-corrected chi connectivity index (χ3v) is 5.70. The van der Waals surface area contributed by atoms with Gasteiger partial charge in [0.15, 0.2) is 6.61 Å². The lowest BCUT2D eigenvalue weighted by molar-refractivity contribution is -0.118. The molecule has 0 fully saturated rings. The van der Waals surface area contributed by atoms with E-state index in [1.54, 1.807) is 24.3 Å². The number of amides is 1. The molecular weight excluding hydrogens is 447 g/mol. The summed E-state index contributed by atoms with van der Waals surface area (Å²) in [5, 5.41) is 7.85. The summed E-state index contributed by atoms with van der Waals surface area (Å²) in [6, 6.07) is 13.6. The lowest BCUT2D eigenvalue weighted by atomic mass is 10.2. The molecule has 0 saturated carbocycles. The van der Waals surface area contributed by atoms with Crippen molar-refractivity contribution in [2.24, 2.45) is 0 Å². The van der Waals surface area contributed by atoms with Crippen LogP contribution < -0.4 is 20.3 Å². The monoisotopic (exact) mass is 468 g/mol. The molecule has 0 atom stereocenters. The maximum Gasteiger partial charge on any atom is 0.275 e. The Morgan fingerprint density at radius 2 is 1.91 bits per heavy atom. The van der Waals surface area contributed by atoms with Gasteiger partial charge < -0.3 is 14.8 Å². The van der Waals surface area contributed by atoms with E-state index in [4.69, 9.17) is 9.47 Å². The van der Waals surface area contributed by atoms with Crippen molar-refractivity contribution < 1.29 is 18.7 Å². The van der Waals surface area contributed by atoms with Gasteiger partial charge in [0.2, 0.25) is 4.96 Å². The van der Waals surface area contributed by atoms with Crippen LogP contribution in [0.3, 0.4) is 0 Å². The molecule has 10 heteroatoms. The average molecular weight is 469 g/mol. The Hall–Kier alpha value is -3.79. The zero-order valence-corrected chi connectivity index (χ0v) is 18.8. The fraction of sp³-hybridized carbons (Fsp3) is 0.217. The van der Waals surface area contributed by atoms with Gasteiger partial charge in [0.1, 0.15) is 28.9 Å². The molecular formula is C23H21FN4O4S. The van der Waals surface area contributed by atoms with Crippen LogP contribution >= 0.6 is 11.3 Å². The molecule has 0 aliphatic carbocycles. The van der Waals surface area contributed by atoms with E-state index in [-0.39, 0.29) is 36.4 Å². The molecule has 4 rings (SSSR count). The smallest absolute Gasteiger partial charge is 0.275 e. The molecule has 2 aromatic carbocycles. The van der Waals surface area contributed by atoms with E-state index in [9.17, 15) is 14.0 Å². The molecule has 4 aromatic rings. The Balaban J connectivity index is 1.36. The minimum absolute atomic E-state index is 0.0890. The van der Waals surface area contributed by atoms with Gasteiger partial charge in [-0.25, -0.2) is 9.37 Å². The highest BCUT2D eigenvalue weighted by Crippen LogP contribution is 2.21. The molecule has 1 N–H and O–H groups in total. The second-order valence-corrected chi connectivity index (χ2v) is 8.47. The van der Waals surface area contributed by atoms with Gasteiger partial charge in [-0.1, -0.05) is 31.3 Å². The van der Waals surface area contributed by atoms with Crippen molar-refractivity contribution in [3.05, 3.63) is 81.5 Å². The van der Waals surface area contributed by atoms with Crippen molar-refractivity contribution in [3.8, 4) is 11.5 Å². The summed E-state index contributed by atoms with van der Waals surface area (Å²) in [4.78, 5) is 29.5. The van der Waals surface area contributed by atoms with Crippen molar-refractivity contribution in [2.75, 3.05) is 11.9 Å². The molecule has 2 aromatic heterocycles. The maximum absolute atomic E-state index is 12.9. The van der Waals surface area contributed by atoms with Crippen LogP contribution in [-0.2, 0) is 11.4 Å². The summed E-state index contributed by atoms with van der Waals surface area (Å²) in [6.07, 6.45) is 0. The lowest BCUT2D eigenvalue weighted by Crippen LogP contribution is -2.20. The predicted octanol–water partition coefficient (Wildman–Crippen LogP) is 4.01. The van der Waals surface area contributed by atoms with Gasteiger partial charge in [-0.05, 0) is 36.4 Å². The number of carbonyl (C=O) groups is 1. The number of fused-ring (bicyclic) bond motifs is 1. The molecule has 170 valence electrons. The van der Waals surface area contributed by atoms with Crippen LogP contribution in [0.5, 0.6) is 11.5 Å². The molecule has 8 nitrogen and oxygen atoms in total.